The van der Waals surface area contributed by atoms with Crippen LogP contribution in [0, 0.1) is 0 Å². The minimum atomic E-state index is -4.92. The Morgan fingerprint density at radius 2 is 1.19 bits per heavy atom. The second kappa shape index (κ2) is 9.02. The van der Waals surface area contributed by atoms with Crippen LogP contribution in [0.25, 0.3) is 0 Å². The first-order chi connectivity index (χ1) is 12.5. The van der Waals surface area contributed by atoms with Gasteiger partial charge in [-0.05, 0) is 0 Å². The van der Waals surface area contributed by atoms with Gasteiger partial charge in [0.2, 0.25) is 0 Å². The molecule has 0 spiro atoms. The lowest BCUT2D eigenvalue weighted by Gasteiger charge is -2.44. The molecule has 0 aliphatic carbocycles. The van der Waals surface area contributed by atoms with Gasteiger partial charge in [0.25, 0.3) is 0 Å². The molecule has 10 atom stereocenters. The van der Waals surface area contributed by atoms with E-state index in [0.29, 0.717) is 0 Å². The fraction of sp³-hybridized carbons (Fsp3) is 1.00. The summed E-state index contributed by atoms with van der Waals surface area (Å²) in [5, 5.41) is 68.1. The van der Waals surface area contributed by atoms with E-state index in [1.807, 2.05) is 0 Å². The van der Waals surface area contributed by atoms with Crippen LogP contribution in [-0.2, 0) is 23.3 Å². The van der Waals surface area contributed by atoms with Crippen molar-refractivity contribution in [2.24, 2.45) is 0 Å². The SMILES string of the molecule is O=P(O)(O)OC[C@H]1O[C@H](OC2O[C@@H](CO)[C@H](O)[C@@H](O)[C@@H]2O)[C@H](O)[C@@H](O)[C@@H]1O. The van der Waals surface area contributed by atoms with E-state index in [9.17, 15) is 35.2 Å². The molecule has 0 bridgehead atoms. The minimum absolute atomic E-state index is 0.737. The molecule has 27 heavy (non-hydrogen) atoms. The van der Waals surface area contributed by atoms with Gasteiger partial charge in [0.1, 0.15) is 48.8 Å². The summed E-state index contributed by atoms with van der Waals surface area (Å²) in [5.41, 5.74) is 0. The van der Waals surface area contributed by atoms with Gasteiger partial charge in [-0.1, -0.05) is 0 Å². The van der Waals surface area contributed by atoms with Crippen molar-refractivity contribution in [2.75, 3.05) is 13.2 Å². The van der Waals surface area contributed by atoms with Crippen molar-refractivity contribution in [3.63, 3.8) is 0 Å². The first-order valence-corrected chi connectivity index (χ1v) is 9.35. The zero-order valence-electron chi connectivity index (χ0n) is 13.7. The summed E-state index contributed by atoms with van der Waals surface area (Å²) in [7, 11) is -4.92. The molecule has 2 saturated heterocycles. The van der Waals surface area contributed by atoms with Crippen LogP contribution in [0.4, 0.5) is 0 Å². The van der Waals surface area contributed by atoms with E-state index in [1.54, 1.807) is 0 Å². The summed E-state index contributed by atoms with van der Waals surface area (Å²) < 4.78 is 30.3. The highest BCUT2D eigenvalue weighted by Gasteiger charge is 2.49. The van der Waals surface area contributed by atoms with Gasteiger partial charge < -0.3 is 59.7 Å². The number of phosphoric acid groups is 1. The van der Waals surface area contributed by atoms with Gasteiger partial charge in [-0.3, -0.25) is 4.52 Å². The summed E-state index contributed by atoms with van der Waals surface area (Å²) >= 11 is 0. The maximum Gasteiger partial charge on any atom is 0.469 e. The van der Waals surface area contributed by atoms with Gasteiger partial charge in [0, 0.05) is 0 Å². The standard InChI is InChI=1S/C12H23O14P/c13-1-3-5(14)7(16)9(18)11(24-3)26-12-10(19)8(17)6(15)4(25-12)2-23-27(20,21)22/h3-19H,1-2H2,(H2,20,21,22)/t3-,4+,5-,6+,7+,8-,9-,10+,11?,12+/m0/s1. The first kappa shape index (κ1) is 23.0. The average Bonchev–Trinajstić information content (AvgIpc) is 2.60. The average molecular weight is 422 g/mol. The van der Waals surface area contributed by atoms with E-state index in [0.717, 1.165) is 0 Å². The molecule has 15 heteroatoms. The van der Waals surface area contributed by atoms with Crippen LogP contribution >= 0.6 is 7.82 Å². The minimum Gasteiger partial charge on any atom is -0.394 e. The lowest BCUT2D eigenvalue weighted by Crippen LogP contribution is -2.63. The molecular formula is C12H23O14P. The molecule has 0 radical (unpaired) electrons. The monoisotopic (exact) mass is 422 g/mol. The molecule has 0 aromatic carbocycles. The highest BCUT2D eigenvalue weighted by atomic mass is 31.2. The van der Waals surface area contributed by atoms with Crippen molar-refractivity contribution < 1.29 is 68.8 Å². The summed E-state index contributed by atoms with van der Waals surface area (Å²) in [4.78, 5) is 17.4. The van der Waals surface area contributed by atoms with Crippen LogP contribution in [0.15, 0.2) is 0 Å². The molecule has 2 aliphatic heterocycles. The molecule has 0 saturated carbocycles. The van der Waals surface area contributed by atoms with Crippen molar-refractivity contribution in [3.8, 4) is 0 Å². The lowest BCUT2D eigenvalue weighted by atomic mass is 9.98. The summed E-state index contributed by atoms with van der Waals surface area (Å²) in [5.74, 6) is 0. The first-order valence-electron chi connectivity index (χ1n) is 7.82. The third-order valence-corrected chi connectivity index (χ3v) is 4.68. The normalized spacial score (nSPS) is 46.4. The summed E-state index contributed by atoms with van der Waals surface area (Å²) in [6.45, 7) is -1.61. The third kappa shape index (κ3) is 5.41. The van der Waals surface area contributed by atoms with E-state index >= 15 is 0 Å². The molecule has 0 aromatic rings. The molecule has 2 fully saturated rings. The molecule has 1 unspecified atom stereocenters. The second-order valence-corrected chi connectivity index (χ2v) is 7.37. The number of hydrogen-bond acceptors (Lipinski definition) is 12. The zero-order valence-corrected chi connectivity index (χ0v) is 14.6. The molecule has 14 nitrogen and oxygen atoms in total. The number of aliphatic hydroxyl groups excluding tert-OH is 7. The molecule has 0 amide bonds. The van der Waals surface area contributed by atoms with Crippen LogP contribution in [0.3, 0.4) is 0 Å². The predicted octanol–water partition coefficient (Wildman–Crippen LogP) is -5.28. The molecule has 9 N–H and O–H groups in total. The lowest BCUT2D eigenvalue weighted by molar-refractivity contribution is -0.376. The number of hydrogen-bond donors (Lipinski definition) is 9. The maximum absolute atomic E-state index is 10.8. The van der Waals surface area contributed by atoms with Gasteiger partial charge >= 0.3 is 7.82 Å². The smallest absolute Gasteiger partial charge is 0.394 e. The van der Waals surface area contributed by atoms with Gasteiger partial charge in [-0.15, -0.1) is 0 Å². The number of ether oxygens (including phenoxy) is 3. The van der Waals surface area contributed by atoms with Crippen LogP contribution in [0.5, 0.6) is 0 Å². The van der Waals surface area contributed by atoms with E-state index in [1.165, 1.54) is 0 Å². The van der Waals surface area contributed by atoms with Gasteiger partial charge in [-0.25, -0.2) is 4.57 Å². The number of rotatable bonds is 6. The van der Waals surface area contributed by atoms with Gasteiger partial charge in [-0.2, -0.15) is 0 Å². The van der Waals surface area contributed by atoms with Crippen LogP contribution in [0.1, 0.15) is 0 Å². The Morgan fingerprint density at radius 1 is 0.741 bits per heavy atom. The van der Waals surface area contributed by atoms with E-state index in [4.69, 9.17) is 29.1 Å². The fourth-order valence-electron chi connectivity index (χ4n) is 2.65. The van der Waals surface area contributed by atoms with Gasteiger partial charge in [0.05, 0.1) is 13.2 Å². The van der Waals surface area contributed by atoms with Crippen molar-refractivity contribution in [1.29, 1.82) is 0 Å². The largest absolute Gasteiger partial charge is 0.469 e. The Bertz CT molecular complexity index is 526. The Kier molecular flexibility index (Phi) is 7.68. The summed E-state index contributed by atoms with van der Waals surface area (Å²) in [6, 6.07) is 0. The Morgan fingerprint density at radius 3 is 1.63 bits per heavy atom. The van der Waals surface area contributed by atoms with E-state index < -0.39 is 82.4 Å². The third-order valence-electron chi connectivity index (χ3n) is 4.19. The Balaban J connectivity index is 2.08. The topological polar surface area (TPSA) is 236 Å². The van der Waals surface area contributed by atoms with Crippen LogP contribution in [-0.4, -0.2) is 120 Å². The highest BCUT2D eigenvalue weighted by molar-refractivity contribution is 7.46. The maximum atomic E-state index is 10.8. The number of phosphoric ester groups is 1. The van der Waals surface area contributed by atoms with Crippen LogP contribution < -0.4 is 0 Å². The number of aliphatic hydroxyl groups is 7. The quantitative estimate of drug-likeness (QED) is 0.182. The molecule has 2 aliphatic rings. The second-order valence-electron chi connectivity index (χ2n) is 6.13. The Labute approximate surface area is 152 Å². The van der Waals surface area contributed by atoms with E-state index in [2.05, 4.69) is 4.52 Å². The van der Waals surface area contributed by atoms with Crippen LogP contribution in [0.2, 0.25) is 0 Å². The highest BCUT2D eigenvalue weighted by Crippen LogP contribution is 2.37. The van der Waals surface area contributed by atoms with Crippen molar-refractivity contribution >= 4 is 7.82 Å². The molecule has 0 aromatic heterocycles. The Hall–Kier alpha value is -0.290. The summed E-state index contributed by atoms with van der Waals surface area (Å²) in [6.07, 6.45) is -17.1. The molecule has 2 rings (SSSR count). The van der Waals surface area contributed by atoms with E-state index in [-0.39, 0.29) is 0 Å². The van der Waals surface area contributed by atoms with Crippen molar-refractivity contribution in [2.45, 2.75) is 61.4 Å². The zero-order chi connectivity index (χ0) is 20.5. The van der Waals surface area contributed by atoms with Gasteiger partial charge in [0.15, 0.2) is 12.6 Å². The molecular weight excluding hydrogens is 399 g/mol. The molecule has 2 heterocycles. The van der Waals surface area contributed by atoms with Crippen molar-refractivity contribution in [3.05, 3.63) is 0 Å². The molecule has 160 valence electrons. The van der Waals surface area contributed by atoms with Crippen molar-refractivity contribution in [1.82, 2.24) is 0 Å². The predicted molar refractivity (Wildman–Crippen MR) is 79.5 cm³/mol. The fourth-order valence-corrected chi connectivity index (χ4v) is 2.99.